The Morgan fingerprint density at radius 3 is 2.39 bits per heavy atom. The number of carbonyl (C=O) groups excluding carboxylic acids is 4. The zero-order valence-corrected chi connectivity index (χ0v) is 29.2. The van der Waals surface area contributed by atoms with Crippen molar-refractivity contribution in [3.8, 4) is 11.5 Å². The molecule has 2 aliphatic carbocycles. The molecule has 3 aromatic carbocycles. The summed E-state index contributed by atoms with van der Waals surface area (Å²) in [6, 6.07) is 18.5. The van der Waals surface area contributed by atoms with Gasteiger partial charge in [0.15, 0.2) is 0 Å². The van der Waals surface area contributed by atoms with Crippen LogP contribution in [0.4, 0.5) is 10.1 Å². The second-order valence-electron chi connectivity index (χ2n) is 14.7. The molecule has 1 N–H and O–H groups in total. The van der Waals surface area contributed by atoms with Crippen LogP contribution in [0.15, 0.2) is 78.4 Å². The molecule has 0 bridgehead atoms. The van der Waals surface area contributed by atoms with E-state index in [0.717, 1.165) is 36.2 Å². The monoisotopic (exact) mass is 711 g/mol. The lowest BCUT2D eigenvalue weighted by atomic mass is 9.51. The quantitative estimate of drug-likeness (QED) is 0.244. The maximum Gasteiger partial charge on any atom is 0.241 e. The molecule has 6 unspecified atom stereocenters. The summed E-state index contributed by atoms with van der Waals surface area (Å²) in [6.45, 7) is 4.06. The van der Waals surface area contributed by atoms with Gasteiger partial charge in [-0.3, -0.25) is 29.0 Å². The van der Waals surface area contributed by atoms with Gasteiger partial charge in [0.2, 0.25) is 23.6 Å². The van der Waals surface area contributed by atoms with E-state index >= 15 is 0 Å². The van der Waals surface area contributed by atoms with Crippen LogP contribution in [0.3, 0.4) is 0 Å². The number of ether oxygens (including phenoxy) is 1. The summed E-state index contributed by atoms with van der Waals surface area (Å²) < 4.78 is 19.7. The Morgan fingerprint density at radius 2 is 1.69 bits per heavy atom. The third kappa shape index (κ3) is 5.20. The van der Waals surface area contributed by atoms with E-state index in [2.05, 4.69) is 17.0 Å². The summed E-state index contributed by atoms with van der Waals surface area (Å²) in [5, 5.41) is 11.1. The summed E-state index contributed by atoms with van der Waals surface area (Å²) in [5.41, 5.74) is 1.15. The zero-order chi connectivity index (χ0) is 35.8. The number of benzene rings is 3. The molecule has 51 heavy (non-hydrogen) atoms. The fraction of sp³-hybridized carbons (Fsp3) is 0.400. The highest BCUT2D eigenvalue weighted by molar-refractivity contribution is 6.31. The van der Waals surface area contributed by atoms with Gasteiger partial charge in [0.25, 0.3) is 0 Å². The minimum absolute atomic E-state index is 0.0781. The van der Waals surface area contributed by atoms with Crippen molar-refractivity contribution in [2.24, 2.45) is 29.1 Å². The number of allylic oxidation sites excluding steroid dienone is 2. The van der Waals surface area contributed by atoms with Crippen molar-refractivity contribution in [3.05, 3.63) is 100 Å². The molecule has 0 spiro atoms. The summed E-state index contributed by atoms with van der Waals surface area (Å²) >= 11 is 6.11. The summed E-state index contributed by atoms with van der Waals surface area (Å²) in [4.78, 5) is 62.6. The van der Waals surface area contributed by atoms with Gasteiger partial charge in [-0.25, -0.2) is 9.29 Å². The van der Waals surface area contributed by atoms with Crippen molar-refractivity contribution < 1.29 is 33.4 Å². The van der Waals surface area contributed by atoms with E-state index in [1.807, 2.05) is 24.3 Å². The van der Waals surface area contributed by atoms with E-state index in [-0.39, 0.29) is 40.7 Å². The van der Waals surface area contributed by atoms with E-state index in [4.69, 9.17) is 16.3 Å². The Bertz CT molecular complexity index is 1980. The number of carbonyl (C=O) groups is 4. The van der Waals surface area contributed by atoms with Gasteiger partial charge in [-0.15, -0.1) is 0 Å². The van der Waals surface area contributed by atoms with Gasteiger partial charge >= 0.3 is 0 Å². The largest absolute Gasteiger partial charge is 0.508 e. The molecular weight excluding hydrogens is 673 g/mol. The van der Waals surface area contributed by atoms with Gasteiger partial charge in [-0.1, -0.05) is 53.6 Å². The molecule has 3 saturated heterocycles. The number of phenols is 1. The summed E-state index contributed by atoms with van der Waals surface area (Å²) in [7, 11) is 1.50. The standard InChI is InChI=1S/C40H39ClFN3O6/c1-40-30(37(48)45(39(40)50)24-8-12-32(42)31(41)18-24)20-28-26(35(40)29-19-25(51-2)9-13-33(29)46)10-11-27-34(28)38(49)44(36(27)47)23-14-16-43(17-15-23)21-22-6-4-3-5-7-22/h3-10,12-13,18-19,23,27-28,30,34-35,46H,11,14-17,20-21H2,1-2H3. The molecule has 4 fully saturated rings. The van der Waals surface area contributed by atoms with Crippen LogP contribution in [0.5, 0.6) is 11.5 Å². The van der Waals surface area contributed by atoms with Crippen LogP contribution in [0.25, 0.3) is 0 Å². The molecule has 3 heterocycles. The number of aromatic hydroxyl groups is 1. The molecule has 4 amide bonds. The molecule has 5 aliphatic rings. The normalized spacial score (nSPS) is 29.6. The topological polar surface area (TPSA) is 107 Å². The molecule has 6 atom stereocenters. The number of nitrogens with zero attached hydrogens (tertiary/aromatic N) is 3. The van der Waals surface area contributed by atoms with Gasteiger partial charge in [-0.05, 0) is 80.5 Å². The number of amides is 4. The number of rotatable bonds is 6. The highest BCUT2D eigenvalue weighted by Gasteiger charge is 2.68. The highest BCUT2D eigenvalue weighted by Crippen LogP contribution is 2.64. The molecule has 0 aromatic heterocycles. The molecule has 1 saturated carbocycles. The number of fused-ring (bicyclic) bond motifs is 4. The molecular formula is C40H39ClFN3O6. The van der Waals surface area contributed by atoms with E-state index in [0.29, 0.717) is 30.6 Å². The number of hydrogen-bond donors (Lipinski definition) is 1. The lowest BCUT2D eigenvalue weighted by molar-refractivity contribution is -0.144. The van der Waals surface area contributed by atoms with E-state index in [1.54, 1.807) is 19.1 Å². The SMILES string of the molecule is COc1ccc(O)c(C2C3=CCC4C(=O)N(C5CCN(Cc6ccccc6)CC5)C(=O)C4C3CC3C(=O)N(c4ccc(F)c(Cl)c4)C(=O)C32C)c1. The Balaban J connectivity index is 1.14. The smallest absolute Gasteiger partial charge is 0.241 e. The average molecular weight is 712 g/mol. The Morgan fingerprint density at radius 1 is 0.941 bits per heavy atom. The Hall–Kier alpha value is -4.54. The lowest BCUT2D eigenvalue weighted by Gasteiger charge is -2.49. The van der Waals surface area contributed by atoms with Crippen molar-refractivity contribution >= 4 is 40.9 Å². The van der Waals surface area contributed by atoms with Crippen molar-refractivity contribution in [3.63, 3.8) is 0 Å². The number of methoxy groups -OCH3 is 1. The van der Waals surface area contributed by atoms with Crippen molar-refractivity contribution in [2.75, 3.05) is 25.1 Å². The third-order valence-corrected chi connectivity index (χ3v) is 12.5. The number of phenolic OH excluding ortho intramolecular Hbond substituents is 1. The van der Waals surface area contributed by atoms with Crippen LogP contribution >= 0.6 is 11.6 Å². The van der Waals surface area contributed by atoms with Gasteiger partial charge < -0.3 is 9.84 Å². The van der Waals surface area contributed by atoms with E-state index < -0.39 is 52.6 Å². The first-order chi connectivity index (χ1) is 24.5. The fourth-order valence-corrected chi connectivity index (χ4v) is 9.86. The first kappa shape index (κ1) is 33.6. The number of piperidine rings is 1. The number of anilines is 1. The van der Waals surface area contributed by atoms with Crippen molar-refractivity contribution in [2.45, 2.75) is 51.1 Å². The Labute approximate surface area is 300 Å². The summed E-state index contributed by atoms with van der Waals surface area (Å²) in [5.74, 6) is -5.20. The molecule has 3 aromatic rings. The maximum atomic E-state index is 14.6. The molecule has 9 nitrogen and oxygen atoms in total. The number of imide groups is 2. The lowest BCUT2D eigenvalue weighted by Crippen LogP contribution is -2.49. The zero-order valence-electron chi connectivity index (χ0n) is 28.4. The van der Waals surface area contributed by atoms with Gasteiger partial charge in [0.1, 0.15) is 17.3 Å². The third-order valence-electron chi connectivity index (χ3n) is 12.2. The van der Waals surface area contributed by atoms with Crippen molar-refractivity contribution in [1.29, 1.82) is 0 Å². The van der Waals surface area contributed by atoms with Crippen LogP contribution < -0.4 is 9.64 Å². The molecule has 3 aliphatic heterocycles. The van der Waals surface area contributed by atoms with Crippen LogP contribution in [0.1, 0.15) is 49.7 Å². The van der Waals surface area contributed by atoms with Gasteiger partial charge in [-0.2, -0.15) is 0 Å². The van der Waals surface area contributed by atoms with Crippen molar-refractivity contribution in [1.82, 2.24) is 9.80 Å². The van der Waals surface area contributed by atoms with Crippen LogP contribution in [0, 0.1) is 34.9 Å². The highest BCUT2D eigenvalue weighted by atomic mass is 35.5. The summed E-state index contributed by atoms with van der Waals surface area (Å²) in [6.07, 6.45) is 3.80. The Kier molecular flexibility index (Phi) is 8.30. The second-order valence-corrected chi connectivity index (χ2v) is 15.1. The fourth-order valence-electron chi connectivity index (χ4n) is 9.68. The van der Waals surface area contributed by atoms with Crippen LogP contribution in [-0.2, 0) is 25.7 Å². The molecule has 8 rings (SSSR count). The molecule has 0 radical (unpaired) electrons. The average Bonchev–Trinajstić information content (AvgIpc) is 3.50. The molecule has 11 heteroatoms. The minimum Gasteiger partial charge on any atom is -0.508 e. The number of likely N-dealkylation sites (tertiary alicyclic amines) is 2. The first-order valence-corrected chi connectivity index (χ1v) is 17.9. The van der Waals surface area contributed by atoms with Gasteiger partial charge in [0, 0.05) is 37.2 Å². The minimum atomic E-state index is -1.38. The van der Waals surface area contributed by atoms with Crippen LogP contribution in [0.2, 0.25) is 5.02 Å². The maximum absolute atomic E-state index is 14.6. The number of halogens is 2. The molecule has 264 valence electrons. The first-order valence-electron chi connectivity index (χ1n) is 17.6. The van der Waals surface area contributed by atoms with E-state index in [1.165, 1.54) is 35.8 Å². The van der Waals surface area contributed by atoms with E-state index in [9.17, 15) is 28.7 Å². The second kappa shape index (κ2) is 12.6. The predicted octanol–water partition coefficient (Wildman–Crippen LogP) is 6.09. The predicted molar refractivity (Wildman–Crippen MR) is 187 cm³/mol. The van der Waals surface area contributed by atoms with Crippen LogP contribution in [-0.4, -0.2) is 64.8 Å². The van der Waals surface area contributed by atoms with Gasteiger partial charge in [0.05, 0.1) is 41.0 Å². The number of hydrogen-bond acceptors (Lipinski definition) is 7.